The predicted octanol–water partition coefficient (Wildman–Crippen LogP) is 2.77. The van der Waals surface area contributed by atoms with Crippen LogP contribution in [0.1, 0.15) is 50.5 Å². The second kappa shape index (κ2) is 8.00. The Morgan fingerprint density at radius 2 is 1.83 bits per heavy atom. The molecule has 0 radical (unpaired) electrons. The normalized spacial score (nSPS) is 28.0. The molecule has 3 aliphatic rings. The molecule has 0 amide bonds. The molecule has 2 saturated heterocycles. The number of carboxylic acids is 1. The molecule has 160 valence electrons. The van der Waals surface area contributed by atoms with Gasteiger partial charge in [0.05, 0.1) is 17.7 Å². The summed E-state index contributed by atoms with van der Waals surface area (Å²) in [5.41, 5.74) is 0.938. The van der Waals surface area contributed by atoms with Crippen molar-refractivity contribution in [2.75, 3.05) is 31.9 Å². The Kier molecular flexibility index (Phi) is 5.75. The van der Waals surface area contributed by atoms with Crippen LogP contribution in [-0.2, 0) is 14.8 Å². The number of hydrogen-bond donors (Lipinski definition) is 1. The summed E-state index contributed by atoms with van der Waals surface area (Å²) in [4.78, 5) is 13.7. The highest BCUT2D eigenvalue weighted by atomic mass is 32.2. The highest BCUT2D eigenvalue weighted by molar-refractivity contribution is 7.89. The van der Waals surface area contributed by atoms with E-state index in [2.05, 4.69) is 35.2 Å². The Hall–Kier alpha value is -1.44. The van der Waals surface area contributed by atoms with Gasteiger partial charge in [-0.2, -0.15) is 4.31 Å². The zero-order valence-corrected chi connectivity index (χ0v) is 18.0. The van der Waals surface area contributed by atoms with E-state index in [-0.39, 0.29) is 12.2 Å². The van der Waals surface area contributed by atoms with Crippen LogP contribution in [0.3, 0.4) is 0 Å². The molecule has 2 heterocycles. The first-order valence-electron chi connectivity index (χ1n) is 10.8. The van der Waals surface area contributed by atoms with Crippen LogP contribution >= 0.6 is 0 Å². The lowest BCUT2D eigenvalue weighted by atomic mass is 9.82. The van der Waals surface area contributed by atoms with Gasteiger partial charge in [0.25, 0.3) is 0 Å². The molecule has 2 atom stereocenters. The number of sulfonamides is 1. The lowest BCUT2D eigenvalue weighted by Crippen LogP contribution is -2.72. The molecule has 3 fully saturated rings. The van der Waals surface area contributed by atoms with E-state index < -0.39 is 21.5 Å². The fourth-order valence-corrected chi connectivity index (χ4v) is 6.62. The topological polar surface area (TPSA) is 77.9 Å². The summed E-state index contributed by atoms with van der Waals surface area (Å²) in [6.07, 6.45) is 4.73. The zero-order chi connectivity index (χ0) is 20.6. The van der Waals surface area contributed by atoms with Gasteiger partial charge in [-0.1, -0.05) is 30.3 Å². The number of nitrogens with zero attached hydrogens (tertiary/aromatic N) is 2. The summed E-state index contributed by atoms with van der Waals surface area (Å²) in [6, 6.07) is 10.8. The maximum absolute atomic E-state index is 12.1. The molecule has 4 rings (SSSR count). The summed E-state index contributed by atoms with van der Waals surface area (Å²) >= 11 is 0. The first kappa shape index (κ1) is 20.8. The molecule has 0 aromatic heterocycles. The molecule has 0 spiro atoms. The van der Waals surface area contributed by atoms with E-state index in [1.54, 1.807) is 6.92 Å². The van der Waals surface area contributed by atoms with Gasteiger partial charge in [-0.15, -0.1) is 0 Å². The van der Waals surface area contributed by atoms with Crippen LogP contribution in [-0.4, -0.2) is 66.2 Å². The average Bonchev–Trinajstić information content (AvgIpc) is 3.44. The minimum atomic E-state index is -3.24. The highest BCUT2D eigenvalue weighted by Gasteiger charge is 2.53. The van der Waals surface area contributed by atoms with Gasteiger partial charge in [-0.05, 0) is 69.0 Å². The monoisotopic (exact) mass is 420 g/mol. The largest absolute Gasteiger partial charge is 0.481 e. The Balaban J connectivity index is 1.30. The van der Waals surface area contributed by atoms with E-state index in [4.69, 9.17) is 0 Å². The maximum atomic E-state index is 12.1. The Morgan fingerprint density at radius 3 is 2.41 bits per heavy atom. The van der Waals surface area contributed by atoms with E-state index in [1.165, 1.54) is 22.7 Å². The standard InChI is InChI=1S/C22H32N2O4S/c1-2-29(27,28)24-15-22(16-24,14-21(25)26)23-10-8-17(9-11-23)12-19-13-20(19)18-6-4-3-5-7-18/h3-7,17,19-20H,2,8-16H2,1H3,(H,25,26)/t19-,20?/m1/s1. The maximum Gasteiger partial charge on any atom is 0.305 e. The zero-order valence-electron chi connectivity index (χ0n) is 17.2. The summed E-state index contributed by atoms with van der Waals surface area (Å²) < 4.78 is 25.7. The second-order valence-corrected chi connectivity index (χ2v) is 11.4. The molecule has 1 unspecified atom stereocenters. The molecule has 1 aromatic carbocycles. The molecular weight excluding hydrogens is 388 g/mol. The smallest absolute Gasteiger partial charge is 0.305 e. The van der Waals surface area contributed by atoms with Gasteiger partial charge in [-0.3, -0.25) is 9.69 Å². The third-order valence-corrected chi connectivity index (χ3v) is 9.03. The van der Waals surface area contributed by atoms with E-state index in [1.807, 2.05) is 0 Å². The molecule has 7 heteroatoms. The minimum Gasteiger partial charge on any atom is -0.481 e. The predicted molar refractivity (Wildman–Crippen MR) is 112 cm³/mol. The SMILES string of the molecule is CCS(=O)(=O)N1CC(CC(=O)O)(N2CCC(C[C@@H]3CC3c3ccccc3)CC2)C1. The molecular formula is C22H32N2O4S. The lowest BCUT2D eigenvalue weighted by molar-refractivity contribution is -0.144. The number of likely N-dealkylation sites (tertiary alicyclic amines) is 1. The fraction of sp³-hybridized carbons (Fsp3) is 0.682. The van der Waals surface area contributed by atoms with Crippen molar-refractivity contribution in [3.05, 3.63) is 35.9 Å². The third-order valence-electron chi connectivity index (χ3n) is 7.25. The number of piperidine rings is 1. The van der Waals surface area contributed by atoms with Crippen LogP contribution in [0.25, 0.3) is 0 Å². The number of carbonyl (C=O) groups is 1. The Bertz CT molecular complexity index is 828. The van der Waals surface area contributed by atoms with Crippen molar-refractivity contribution < 1.29 is 18.3 Å². The Labute approximate surface area is 173 Å². The van der Waals surface area contributed by atoms with Gasteiger partial charge >= 0.3 is 5.97 Å². The van der Waals surface area contributed by atoms with Gasteiger partial charge in [0, 0.05) is 13.1 Å². The van der Waals surface area contributed by atoms with Crippen LogP contribution in [0.2, 0.25) is 0 Å². The lowest BCUT2D eigenvalue weighted by Gasteiger charge is -2.56. The van der Waals surface area contributed by atoms with Crippen LogP contribution in [0.5, 0.6) is 0 Å². The van der Waals surface area contributed by atoms with Gasteiger partial charge < -0.3 is 5.11 Å². The van der Waals surface area contributed by atoms with Crippen molar-refractivity contribution in [2.24, 2.45) is 11.8 Å². The van der Waals surface area contributed by atoms with E-state index in [0.29, 0.717) is 24.9 Å². The summed E-state index contributed by atoms with van der Waals surface area (Å²) in [6.45, 7) is 4.03. The van der Waals surface area contributed by atoms with Crippen molar-refractivity contribution in [3.8, 4) is 0 Å². The van der Waals surface area contributed by atoms with Gasteiger partial charge in [-0.25, -0.2) is 8.42 Å². The quantitative estimate of drug-likeness (QED) is 0.700. The molecule has 6 nitrogen and oxygen atoms in total. The van der Waals surface area contributed by atoms with Crippen LogP contribution in [0, 0.1) is 11.8 Å². The van der Waals surface area contributed by atoms with Crippen molar-refractivity contribution in [1.29, 1.82) is 0 Å². The number of rotatable bonds is 8. The summed E-state index contributed by atoms with van der Waals surface area (Å²) in [5, 5.41) is 9.41. The number of benzene rings is 1. The molecule has 1 aliphatic carbocycles. The number of carboxylic acid groups (broad SMARTS) is 1. The van der Waals surface area contributed by atoms with Crippen molar-refractivity contribution in [3.63, 3.8) is 0 Å². The average molecular weight is 421 g/mol. The minimum absolute atomic E-state index is 0.0199. The highest BCUT2D eigenvalue weighted by Crippen LogP contribution is 2.52. The van der Waals surface area contributed by atoms with E-state index >= 15 is 0 Å². The number of aliphatic carboxylic acids is 1. The second-order valence-electron chi connectivity index (χ2n) is 9.14. The first-order chi connectivity index (χ1) is 13.8. The Morgan fingerprint density at radius 1 is 1.17 bits per heavy atom. The van der Waals surface area contributed by atoms with Crippen molar-refractivity contribution in [2.45, 2.75) is 50.5 Å². The van der Waals surface area contributed by atoms with Crippen molar-refractivity contribution in [1.82, 2.24) is 9.21 Å². The van der Waals surface area contributed by atoms with Crippen LogP contribution in [0.4, 0.5) is 0 Å². The molecule has 1 N–H and O–H groups in total. The molecule has 2 aliphatic heterocycles. The van der Waals surface area contributed by atoms with Crippen LogP contribution in [0.15, 0.2) is 30.3 Å². The van der Waals surface area contributed by atoms with E-state index in [9.17, 15) is 18.3 Å². The molecule has 1 saturated carbocycles. The third kappa shape index (κ3) is 4.37. The van der Waals surface area contributed by atoms with E-state index in [0.717, 1.165) is 31.8 Å². The molecule has 29 heavy (non-hydrogen) atoms. The van der Waals surface area contributed by atoms with Crippen molar-refractivity contribution >= 4 is 16.0 Å². The van der Waals surface area contributed by atoms with Crippen LogP contribution < -0.4 is 0 Å². The first-order valence-corrected chi connectivity index (χ1v) is 12.4. The molecule has 0 bridgehead atoms. The fourth-order valence-electron chi connectivity index (χ4n) is 5.38. The van der Waals surface area contributed by atoms with Gasteiger partial charge in [0.1, 0.15) is 0 Å². The van der Waals surface area contributed by atoms with Gasteiger partial charge in [0.15, 0.2) is 0 Å². The number of hydrogen-bond acceptors (Lipinski definition) is 4. The summed E-state index contributed by atoms with van der Waals surface area (Å²) in [5.74, 6) is 1.43. The van der Waals surface area contributed by atoms with Gasteiger partial charge in [0.2, 0.25) is 10.0 Å². The molecule has 1 aromatic rings. The summed E-state index contributed by atoms with van der Waals surface area (Å²) in [7, 11) is -3.24.